The fourth-order valence-electron chi connectivity index (χ4n) is 6.19. The summed E-state index contributed by atoms with van der Waals surface area (Å²) in [5, 5.41) is 12.9. The van der Waals surface area contributed by atoms with Gasteiger partial charge in [-0.05, 0) is 38.6 Å². The van der Waals surface area contributed by atoms with E-state index in [0.717, 1.165) is 35.3 Å². The molecule has 0 amide bonds. The summed E-state index contributed by atoms with van der Waals surface area (Å²) in [5.74, 6) is 0.465. The van der Waals surface area contributed by atoms with Crippen LogP contribution in [0.15, 0.2) is 67.3 Å². The third-order valence-electron chi connectivity index (χ3n) is 8.55. The number of hydrogen-bond acceptors (Lipinski definition) is 10. The van der Waals surface area contributed by atoms with Crippen molar-refractivity contribution in [2.75, 3.05) is 68.7 Å². The number of aryl methyl sites for hydroxylation is 1. The first-order chi connectivity index (χ1) is 23.8. The minimum absolute atomic E-state index is 0.00694. The van der Waals surface area contributed by atoms with Gasteiger partial charge in [0.15, 0.2) is 6.61 Å². The van der Waals surface area contributed by atoms with Crippen molar-refractivity contribution in [1.82, 2.24) is 34.6 Å². The standard InChI is InChI=1S/C34H36F3N10O2P/c1-45-11-13-47(14-12-45)28-16-29(49-20-34(35,36)37)26(15-24(28)21-17-40-46(2)19-21)42-33-43-31-23(9-10-38-31)32(44-33)41-27-18-39-25-8-6-5-7-22(25)30(27)50(3,4)48/h5-10,15-19H,11-14,20H2,1-4H3,(H3,38,41,42,43,44). The van der Waals surface area contributed by atoms with Crippen LogP contribution in [0, 0.1) is 0 Å². The molecule has 0 atom stereocenters. The van der Waals surface area contributed by atoms with Gasteiger partial charge in [0.05, 0.1) is 34.7 Å². The fraction of sp³-hybridized carbons (Fsp3) is 0.294. The van der Waals surface area contributed by atoms with E-state index in [2.05, 4.69) is 40.5 Å². The third kappa shape index (κ3) is 6.96. The molecule has 2 aromatic carbocycles. The van der Waals surface area contributed by atoms with Gasteiger partial charge in [-0.2, -0.15) is 28.2 Å². The largest absolute Gasteiger partial charge is 0.482 e. The average molecular weight is 705 g/mol. The summed E-state index contributed by atoms with van der Waals surface area (Å²) < 4.78 is 61.3. The Kier molecular flexibility index (Phi) is 8.64. The van der Waals surface area contributed by atoms with Crippen molar-refractivity contribution in [1.29, 1.82) is 0 Å². The molecule has 0 unspecified atom stereocenters. The second-order valence-electron chi connectivity index (χ2n) is 12.7. The van der Waals surface area contributed by atoms with Gasteiger partial charge in [0.25, 0.3) is 0 Å². The topological polar surface area (TPSA) is 129 Å². The zero-order chi connectivity index (χ0) is 35.2. The number of alkyl halides is 3. The second kappa shape index (κ2) is 13.0. The van der Waals surface area contributed by atoms with Crippen LogP contribution in [0.3, 0.4) is 0 Å². The molecule has 16 heteroatoms. The van der Waals surface area contributed by atoms with E-state index in [0.29, 0.717) is 46.4 Å². The quantitative estimate of drug-likeness (QED) is 0.147. The van der Waals surface area contributed by atoms with E-state index >= 15 is 0 Å². The van der Waals surface area contributed by atoms with Crippen LogP contribution >= 0.6 is 7.14 Å². The minimum atomic E-state index is -4.56. The van der Waals surface area contributed by atoms with Crippen molar-refractivity contribution in [3.63, 3.8) is 0 Å². The highest BCUT2D eigenvalue weighted by Crippen LogP contribution is 2.43. The second-order valence-corrected chi connectivity index (χ2v) is 15.9. The molecule has 7 rings (SSSR count). The first kappa shape index (κ1) is 33.4. The lowest BCUT2D eigenvalue weighted by molar-refractivity contribution is -0.153. The molecule has 1 saturated heterocycles. The van der Waals surface area contributed by atoms with Crippen LogP contribution in [-0.4, -0.2) is 94.0 Å². The molecule has 1 aliphatic rings. The molecular weight excluding hydrogens is 668 g/mol. The normalized spacial score (nSPS) is 14.4. The van der Waals surface area contributed by atoms with E-state index in [9.17, 15) is 17.7 Å². The number of H-pyrrole nitrogens is 1. The lowest BCUT2D eigenvalue weighted by Gasteiger charge is -2.35. The van der Waals surface area contributed by atoms with Crippen LogP contribution in [0.1, 0.15) is 0 Å². The molecular formula is C34H36F3N10O2P. The highest BCUT2D eigenvalue weighted by Gasteiger charge is 2.30. The Labute approximate surface area is 286 Å². The maximum atomic E-state index is 13.6. The van der Waals surface area contributed by atoms with Crippen LogP contribution in [-0.2, 0) is 11.6 Å². The Balaban J connectivity index is 1.33. The highest BCUT2D eigenvalue weighted by atomic mass is 31.2. The number of fused-ring (bicyclic) bond motifs is 2. The third-order valence-corrected chi connectivity index (χ3v) is 10.1. The molecule has 0 saturated carbocycles. The van der Waals surface area contributed by atoms with E-state index < -0.39 is 19.9 Å². The number of halogens is 3. The maximum absolute atomic E-state index is 13.6. The maximum Gasteiger partial charge on any atom is 0.422 e. The number of piperazine rings is 1. The van der Waals surface area contributed by atoms with Gasteiger partial charge in [-0.25, -0.2) is 0 Å². The molecule has 6 aromatic rings. The van der Waals surface area contributed by atoms with Gasteiger partial charge in [0.1, 0.15) is 24.4 Å². The van der Waals surface area contributed by atoms with Crippen LogP contribution in [0.4, 0.5) is 42.0 Å². The Morgan fingerprint density at radius 2 is 1.74 bits per heavy atom. The Hall–Kier alpha value is -5.14. The molecule has 3 N–H and O–H groups in total. The number of hydrogen-bond donors (Lipinski definition) is 3. The number of aromatic nitrogens is 6. The molecule has 1 fully saturated rings. The number of anilines is 5. The summed E-state index contributed by atoms with van der Waals surface area (Å²) in [6.07, 6.45) is 2.35. The molecule has 0 aliphatic carbocycles. The lowest BCUT2D eigenvalue weighted by atomic mass is 10.0. The Bertz CT molecular complexity index is 2240. The van der Waals surface area contributed by atoms with Gasteiger partial charge in [0.2, 0.25) is 5.95 Å². The number of nitrogens with zero attached hydrogens (tertiary/aromatic N) is 7. The number of benzene rings is 2. The van der Waals surface area contributed by atoms with E-state index in [-0.39, 0.29) is 17.4 Å². The van der Waals surface area contributed by atoms with Crippen LogP contribution in [0.5, 0.6) is 5.75 Å². The number of rotatable bonds is 9. The van der Waals surface area contributed by atoms with Gasteiger partial charge in [-0.1, -0.05) is 18.2 Å². The number of nitrogens with one attached hydrogen (secondary N) is 3. The molecule has 0 radical (unpaired) electrons. The first-order valence-corrected chi connectivity index (χ1v) is 18.5. The smallest absolute Gasteiger partial charge is 0.422 e. The molecule has 50 heavy (non-hydrogen) atoms. The summed E-state index contributed by atoms with van der Waals surface area (Å²) in [5.41, 5.74) is 4.22. The van der Waals surface area contributed by atoms with Gasteiger partial charge in [-0.15, -0.1) is 0 Å². The number of ether oxygens (including phenoxy) is 1. The SMILES string of the molecule is CN1CCN(c2cc(OCC(F)(F)F)c(Nc3nc(Nc4cnc5ccccc5c4P(C)(C)=O)c4cc[nH]c4n3)cc2-c2cnn(C)c2)CC1. The highest BCUT2D eigenvalue weighted by molar-refractivity contribution is 7.71. The fourth-order valence-corrected chi connectivity index (χ4v) is 7.65. The zero-order valence-electron chi connectivity index (χ0n) is 27.9. The molecule has 0 spiro atoms. The van der Waals surface area contributed by atoms with Gasteiger partial charge >= 0.3 is 6.18 Å². The zero-order valence-corrected chi connectivity index (χ0v) is 28.8. The molecule has 0 bridgehead atoms. The number of likely N-dealkylation sites (N-methyl/N-ethyl adjacent to an activating group) is 1. The number of pyridine rings is 1. The molecule has 1 aliphatic heterocycles. The predicted molar refractivity (Wildman–Crippen MR) is 191 cm³/mol. The van der Waals surface area contributed by atoms with Crippen molar-refractivity contribution in [2.45, 2.75) is 6.18 Å². The minimum Gasteiger partial charge on any atom is -0.482 e. The summed E-state index contributed by atoms with van der Waals surface area (Å²) >= 11 is 0. The van der Waals surface area contributed by atoms with Crippen LogP contribution in [0.25, 0.3) is 33.1 Å². The Morgan fingerprint density at radius 1 is 0.960 bits per heavy atom. The van der Waals surface area contributed by atoms with E-state index in [1.807, 2.05) is 37.5 Å². The van der Waals surface area contributed by atoms with Crippen molar-refractivity contribution in [2.24, 2.45) is 7.05 Å². The number of aromatic amines is 1. The molecule has 12 nitrogen and oxygen atoms in total. The molecule has 260 valence electrons. The van der Waals surface area contributed by atoms with Crippen molar-refractivity contribution >= 4 is 63.2 Å². The monoisotopic (exact) mass is 704 g/mol. The van der Waals surface area contributed by atoms with Gasteiger partial charge in [0, 0.05) is 79.2 Å². The van der Waals surface area contributed by atoms with Crippen LogP contribution in [0.2, 0.25) is 0 Å². The first-order valence-electron chi connectivity index (χ1n) is 15.9. The van der Waals surface area contributed by atoms with E-state index in [4.69, 9.17) is 9.72 Å². The lowest BCUT2D eigenvalue weighted by Crippen LogP contribution is -2.44. The predicted octanol–water partition coefficient (Wildman–Crippen LogP) is 6.33. The average Bonchev–Trinajstić information content (AvgIpc) is 3.72. The summed E-state index contributed by atoms with van der Waals surface area (Å²) in [6, 6.07) is 12.7. The molecule has 4 aromatic heterocycles. The summed E-state index contributed by atoms with van der Waals surface area (Å²) in [4.78, 5) is 21.4. The van der Waals surface area contributed by atoms with Crippen molar-refractivity contribution in [3.8, 4) is 16.9 Å². The van der Waals surface area contributed by atoms with Gasteiger partial charge in [-0.3, -0.25) is 9.67 Å². The van der Waals surface area contributed by atoms with Crippen molar-refractivity contribution < 1.29 is 22.5 Å². The number of para-hydroxylation sites is 1. The Morgan fingerprint density at radius 3 is 2.46 bits per heavy atom. The van der Waals surface area contributed by atoms with Crippen LogP contribution < -0.4 is 25.6 Å². The van der Waals surface area contributed by atoms with E-state index in [1.54, 1.807) is 61.8 Å². The van der Waals surface area contributed by atoms with Gasteiger partial charge < -0.3 is 34.7 Å². The summed E-state index contributed by atoms with van der Waals surface area (Å²) in [7, 11) is 1.02. The van der Waals surface area contributed by atoms with Crippen molar-refractivity contribution in [3.05, 3.63) is 67.3 Å². The van der Waals surface area contributed by atoms with E-state index in [1.165, 1.54) is 0 Å². The summed E-state index contributed by atoms with van der Waals surface area (Å²) in [6.45, 7) is 4.89. The molecule has 5 heterocycles.